The highest BCUT2D eigenvalue weighted by Gasteiger charge is 2.14. The third-order valence-corrected chi connectivity index (χ3v) is 6.26. The highest BCUT2D eigenvalue weighted by Crippen LogP contribution is 2.35. The monoisotopic (exact) mass is 562 g/mol. The van der Waals surface area contributed by atoms with Crippen molar-refractivity contribution >= 4 is 55.5 Å². The Bertz CT molecular complexity index is 1600. The Morgan fingerprint density at radius 1 is 1.14 bits per heavy atom. The van der Waals surface area contributed by atoms with Crippen molar-refractivity contribution in [1.29, 1.82) is 5.26 Å². The summed E-state index contributed by atoms with van der Waals surface area (Å²) >= 11 is 9.52. The summed E-state index contributed by atoms with van der Waals surface area (Å²) in [6.45, 7) is 1.01. The third kappa shape index (κ3) is 5.12. The van der Waals surface area contributed by atoms with E-state index in [4.69, 9.17) is 11.6 Å². The summed E-state index contributed by atoms with van der Waals surface area (Å²) in [6.07, 6.45) is 6.89. The number of pyridine rings is 2. The Morgan fingerprint density at radius 2 is 2.03 bits per heavy atom. The lowest BCUT2D eigenvalue weighted by atomic mass is 10.1. The standard InChI is InChI=1S/C25H17BrClFN8/c26-21-7-18(31-12-19-14-36(35-34-19)13-15-2-1-5-30-10-15)6-20-24(16(9-29)11-32-25(20)21)33-17-3-4-23(28)22(27)8-17/h1-8,10-11,14,31H,12-13H2,(H,32,33). The van der Waals surface area contributed by atoms with Crippen LogP contribution in [0.3, 0.4) is 0 Å². The maximum atomic E-state index is 13.6. The van der Waals surface area contributed by atoms with Gasteiger partial charge >= 0.3 is 0 Å². The summed E-state index contributed by atoms with van der Waals surface area (Å²) in [5.41, 5.74) is 4.67. The highest BCUT2D eigenvalue weighted by molar-refractivity contribution is 9.10. The van der Waals surface area contributed by atoms with Gasteiger partial charge in [-0.05, 0) is 57.9 Å². The van der Waals surface area contributed by atoms with Crippen molar-refractivity contribution in [3.05, 3.63) is 99.4 Å². The molecule has 0 radical (unpaired) electrons. The van der Waals surface area contributed by atoms with Crippen LogP contribution in [0.15, 0.2) is 71.7 Å². The van der Waals surface area contributed by atoms with E-state index in [2.05, 4.69) is 52.9 Å². The van der Waals surface area contributed by atoms with E-state index in [1.807, 2.05) is 30.5 Å². The number of fused-ring (bicyclic) bond motifs is 1. The van der Waals surface area contributed by atoms with Gasteiger partial charge in [-0.25, -0.2) is 9.07 Å². The van der Waals surface area contributed by atoms with Crippen molar-refractivity contribution in [3.63, 3.8) is 0 Å². The number of halogens is 3. The molecule has 2 aromatic carbocycles. The Balaban J connectivity index is 1.41. The lowest BCUT2D eigenvalue weighted by Gasteiger charge is -2.14. The van der Waals surface area contributed by atoms with E-state index < -0.39 is 5.82 Å². The fraction of sp³-hybridized carbons (Fsp3) is 0.0800. The van der Waals surface area contributed by atoms with Crippen LogP contribution in [0.5, 0.6) is 0 Å². The van der Waals surface area contributed by atoms with Gasteiger partial charge in [0.05, 0.1) is 41.1 Å². The van der Waals surface area contributed by atoms with Crippen molar-refractivity contribution in [2.24, 2.45) is 0 Å². The van der Waals surface area contributed by atoms with E-state index >= 15 is 0 Å². The first-order valence-corrected chi connectivity index (χ1v) is 11.9. The van der Waals surface area contributed by atoms with E-state index in [1.54, 1.807) is 23.1 Å². The number of hydrogen-bond acceptors (Lipinski definition) is 7. The Kier molecular flexibility index (Phi) is 6.75. The van der Waals surface area contributed by atoms with Crippen molar-refractivity contribution in [2.75, 3.05) is 10.6 Å². The summed E-state index contributed by atoms with van der Waals surface area (Å²) < 4.78 is 16.1. The lowest BCUT2D eigenvalue weighted by Crippen LogP contribution is -2.02. The molecule has 0 atom stereocenters. The molecule has 5 rings (SSSR count). The van der Waals surface area contributed by atoms with Gasteiger partial charge in [0, 0.05) is 39.8 Å². The SMILES string of the molecule is N#Cc1cnc2c(Br)cc(NCc3cn(Cc4cccnc4)nn3)cc2c1Nc1ccc(F)c(Cl)c1. The van der Waals surface area contributed by atoms with Crippen LogP contribution in [0, 0.1) is 17.1 Å². The number of nitrogens with one attached hydrogen (secondary N) is 2. The van der Waals surface area contributed by atoms with Gasteiger partial charge in [-0.3, -0.25) is 9.97 Å². The van der Waals surface area contributed by atoms with E-state index in [1.165, 1.54) is 18.3 Å². The normalized spacial score (nSPS) is 10.8. The molecule has 0 saturated heterocycles. The lowest BCUT2D eigenvalue weighted by molar-refractivity contribution is 0.628. The van der Waals surface area contributed by atoms with Crippen LogP contribution in [0.4, 0.5) is 21.5 Å². The van der Waals surface area contributed by atoms with Crippen LogP contribution in [0.1, 0.15) is 16.8 Å². The van der Waals surface area contributed by atoms with Crippen LogP contribution in [-0.4, -0.2) is 25.0 Å². The van der Waals surface area contributed by atoms with Crippen molar-refractivity contribution < 1.29 is 4.39 Å². The molecule has 3 heterocycles. The van der Waals surface area contributed by atoms with Crippen LogP contribution in [0.2, 0.25) is 5.02 Å². The predicted molar refractivity (Wildman–Crippen MR) is 140 cm³/mol. The second-order valence-corrected chi connectivity index (χ2v) is 9.15. The maximum absolute atomic E-state index is 13.6. The molecule has 178 valence electrons. The van der Waals surface area contributed by atoms with Gasteiger partial charge in [0.25, 0.3) is 0 Å². The second kappa shape index (κ2) is 10.3. The average Bonchev–Trinajstić information content (AvgIpc) is 3.33. The molecule has 0 bridgehead atoms. The minimum absolute atomic E-state index is 0.0167. The highest BCUT2D eigenvalue weighted by atomic mass is 79.9. The molecule has 0 saturated carbocycles. The van der Waals surface area contributed by atoms with Gasteiger partial charge in [-0.15, -0.1) is 5.10 Å². The first-order chi connectivity index (χ1) is 17.5. The first-order valence-electron chi connectivity index (χ1n) is 10.8. The van der Waals surface area contributed by atoms with Crippen LogP contribution in [-0.2, 0) is 13.1 Å². The summed E-state index contributed by atoms with van der Waals surface area (Å²) in [7, 11) is 0. The molecule has 0 fully saturated rings. The van der Waals surface area contributed by atoms with Gasteiger partial charge < -0.3 is 10.6 Å². The molecular formula is C25H17BrClFN8. The van der Waals surface area contributed by atoms with Gasteiger partial charge in [-0.1, -0.05) is 22.9 Å². The van der Waals surface area contributed by atoms with Crippen LogP contribution >= 0.6 is 27.5 Å². The average molecular weight is 564 g/mol. The molecule has 2 N–H and O–H groups in total. The molecule has 5 aromatic rings. The van der Waals surface area contributed by atoms with E-state index in [0.717, 1.165) is 21.4 Å². The van der Waals surface area contributed by atoms with Crippen LogP contribution < -0.4 is 10.6 Å². The van der Waals surface area contributed by atoms with Crippen molar-refractivity contribution in [2.45, 2.75) is 13.1 Å². The minimum Gasteiger partial charge on any atom is -0.379 e. The molecule has 8 nitrogen and oxygen atoms in total. The Morgan fingerprint density at radius 3 is 2.81 bits per heavy atom. The molecule has 3 aromatic heterocycles. The molecule has 0 aliphatic carbocycles. The van der Waals surface area contributed by atoms with Gasteiger partial charge in [0.15, 0.2) is 0 Å². The molecule has 0 aliphatic rings. The number of aromatic nitrogens is 5. The molecule has 11 heteroatoms. The summed E-state index contributed by atoms with van der Waals surface area (Å²) in [5.74, 6) is -0.520. The van der Waals surface area contributed by atoms with Crippen molar-refractivity contribution in [1.82, 2.24) is 25.0 Å². The zero-order valence-corrected chi connectivity index (χ0v) is 20.9. The molecule has 0 amide bonds. The zero-order valence-electron chi connectivity index (χ0n) is 18.6. The summed E-state index contributed by atoms with van der Waals surface area (Å²) in [5, 5.41) is 25.3. The number of rotatable bonds is 7. The fourth-order valence-electron chi connectivity index (χ4n) is 3.67. The van der Waals surface area contributed by atoms with Gasteiger partial charge in [0.1, 0.15) is 17.6 Å². The summed E-state index contributed by atoms with van der Waals surface area (Å²) in [4.78, 5) is 8.55. The third-order valence-electron chi connectivity index (χ3n) is 5.36. The summed E-state index contributed by atoms with van der Waals surface area (Å²) in [6, 6.07) is 14.1. The van der Waals surface area contributed by atoms with Crippen molar-refractivity contribution in [3.8, 4) is 6.07 Å². The minimum atomic E-state index is -0.520. The van der Waals surface area contributed by atoms with E-state index in [-0.39, 0.29) is 5.02 Å². The molecule has 0 aliphatic heterocycles. The van der Waals surface area contributed by atoms with Gasteiger partial charge in [-0.2, -0.15) is 5.26 Å². The predicted octanol–water partition coefficient (Wildman–Crippen LogP) is 6.05. The zero-order chi connectivity index (χ0) is 25.1. The number of hydrogen-bond donors (Lipinski definition) is 2. The molecule has 0 unspecified atom stereocenters. The molecule has 36 heavy (non-hydrogen) atoms. The van der Waals surface area contributed by atoms with E-state index in [0.29, 0.717) is 40.9 Å². The Hall–Kier alpha value is -4.07. The Labute approximate surface area is 218 Å². The number of nitrogens with zero attached hydrogens (tertiary/aromatic N) is 6. The smallest absolute Gasteiger partial charge is 0.141 e. The number of nitriles is 1. The topological polar surface area (TPSA) is 104 Å². The van der Waals surface area contributed by atoms with Gasteiger partial charge in [0.2, 0.25) is 0 Å². The second-order valence-electron chi connectivity index (χ2n) is 7.89. The maximum Gasteiger partial charge on any atom is 0.141 e. The largest absolute Gasteiger partial charge is 0.379 e. The number of anilines is 3. The van der Waals surface area contributed by atoms with Crippen LogP contribution in [0.25, 0.3) is 10.9 Å². The van der Waals surface area contributed by atoms with E-state index in [9.17, 15) is 9.65 Å². The first kappa shape index (κ1) is 23.7. The number of benzene rings is 2. The quantitative estimate of drug-likeness (QED) is 0.248. The fourth-order valence-corrected chi connectivity index (χ4v) is 4.41. The molecular weight excluding hydrogens is 547 g/mol. The molecule has 0 spiro atoms.